The molecule has 4 nitrogen and oxygen atoms in total. The largest absolute Gasteiger partial charge is 0.493 e. The number of carbonyl (C=O) groups excluding carboxylic acids is 2. The van der Waals surface area contributed by atoms with Crippen molar-refractivity contribution in [2.45, 2.75) is 6.42 Å². The third kappa shape index (κ3) is 4.54. The van der Waals surface area contributed by atoms with E-state index in [1.165, 1.54) is 6.08 Å². The fourth-order valence-corrected chi connectivity index (χ4v) is 2.09. The maximum Gasteiger partial charge on any atom is 0.170 e. The first-order valence-electron chi connectivity index (χ1n) is 7.15. The molecule has 4 heteroatoms. The van der Waals surface area contributed by atoms with Gasteiger partial charge in [0, 0.05) is 5.56 Å². The maximum absolute atomic E-state index is 12.0. The van der Waals surface area contributed by atoms with Gasteiger partial charge >= 0.3 is 0 Å². The molecule has 2 aromatic rings. The highest BCUT2D eigenvalue weighted by Crippen LogP contribution is 2.27. The Kier molecular flexibility index (Phi) is 5.69. The van der Waals surface area contributed by atoms with Gasteiger partial charge in [0.1, 0.15) is 0 Å². The van der Waals surface area contributed by atoms with Crippen LogP contribution in [-0.2, 0) is 4.79 Å². The van der Waals surface area contributed by atoms with E-state index in [1.54, 1.807) is 56.7 Å². The van der Waals surface area contributed by atoms with Crippen molar-refractivity contribution in [3.63, 3.8) is 0 Å². The molecule has 118 valence electrons. The summed E-state index contributed by atoms with van der Waals surface area (Å²) in [5.41, 5.74) is 1.34. The van der Waals surface area contributed by atoms with E-state index < -0.39 is 0 Å². The molecule has 2 aromatic carbocycles. The number of benzene rings is 2. The molecule has 0 aliphatic heterocycles. The second-order valence-electron chi connectivity index (χ2n) is 4.88. The van der Waals surface area contributed by atoms with Crippen molar-refractivity contribution in [2.24, 2.45) is 0 Å². The van der Waals surface area contributed by atoms with Crippen molar-refractivity contribution in [2.75, 3.05) is 14.2 Å². The SMILES string of the molecule is COc1ccc(/C=C/C(=O)CC(=O)c2ccccc2)cc1OC. The molecule has 0 amide bonds. The number of ether oxygens (including phenoxy) is 2. The van der Waals surface area contributed by atoms with Crippen molar-refractivity contribution < 1.29 is 19.1 Å². The second-order valence-corrected chi connectivity index (χ2v) is 4.88. The Hall–Kier alpha value is -2.88. The predicted octanol–water partition coefficient (Wildman–Crippen LogP) is 3.56. The Morgan fingerprint density at radius 2 is 1.65 bits per heavy atom. The number of Topliss-reactive ketones (excluding diaryl/α,β-unsaturated/α-hetero) is 1. The zero-order valence-electron chi connectivity index (χ0n) is 13.1. The van der Waals surface area contributed by atoms with Crippen molar-refractivity contribution in [3.05, 3.63) is 65.7 Å². The average molecular weight is 310 g/mol. The summed E-state index contributed by atoms with van der Waals surface area (Å²) < 4.78 is 10.4. The standard InChI is InChI=1S/C19H18O4/c1-22-18-11-9-14(12-19(18)23-2)8-10-16(20)13-17(21)15-6-4-3-5-7-15/h3-12H,13H2,1-2H3/b10-8+. The molecule has 0 N–H and O–H groups in total. The summed E-state index contributed by atoms with van der Waals surface area (Å²) in [5.74, 6) is 0.777. The molecule has 0 saturated heterocycles. The molecule has 0 unspecified atom stereocenters. The summed E-state index contributed by atoms with van der Waals surface area (Å²) >= 11 is 0. The lowest BCUT2D eigenvalue weighted by molar-refractivity contribution is -0.113. The highest BCUT2D eigenvalue weighted by Gasteiger charge is 2.09. The number of methoxy groups -OCH3 is 2. The van der Waals surface area contributed by atoms with Crippen molar-refractivity contribution in [1.82, 2.24) is 0 Å². The van der Waals surface area contributed by atoms with Gasteiger partial charge in [0.25, 0.3) is 0 Å². The van der Waals surface area contributed by atoms with Gasteiger partial charge in [-0.05, 0) is 23.8 Å². The van der Waals surface area contributed by atoms with Gasteiger partial charge in [-0.25, -0.2) is 0 Å². The molecule has 0 atom stereocenters. The van der Waals surface area contributed by atoms with Gasteiger partial charge in [0.05, 0.1) is 20.6 Å². The van der Waals surface area contributed by atoms with Crippen LogP contribution >= 0.6 is 0 Å². The normalized spacial score (nSPS) is 10.5. The fraction of sp³-hybridized carbons (Fsp3) is 0.158. The number of ketones is 2. The summed E-state index contributed by atoms with van der Waals surface area (Å²) in [7, 11) is 3.11. The van der Waals surface area contributed by atoms with Gasteiger partial charge in [-0.1, -0.05) is 42.5 Å². The average Bonchev–Trinajstić information content (AvgIpc) is 2.60. The van der Waals surface area contributed by atoms with E-state index in [0.717, 1.165) is 5.56 Å². The van der Waals surface area contributed by atoms with Crippen LogP contribution in [0.3, 0.4) is 0 Å². The molecule has 2 rings (SSSR count). The first kappa shape index (κ1) is 16.5. The molecule has 0 saturated carbocycles. The van der Waals surface area contributed by atoms with Crippen molar-refractivity contribution >= 4 is 17.6 Å². The first-order valence-corrected chi connectivity index (χ1v) is 7.15. The maximum atomic E-state index is 12.0. The Labute approximate surface area is 135 Å². The fourth-order valence-electron chi connectivity index (χ4n) is 2.09. The van der Waals surface area contributed by atoms with Crippen LogP contribution in [0.4, 0.5) is 0 Å². The second kappa shape index (κ2) is 7.94. The summed E-state index contributed by atoms with van der Waals surface area (Å²) in [4.78, 5) is 23.9. The molecule has 0 aliphatic carbocycles. The topological polar surface area (TPSA) is 52.6 Å². The minimum Gasteiger partial charge on any atom is -0.493 e. The van der Waals surface area contributed by atoms with Gasteiger partial charge < -0.3 is 9.47 Å². The first-order chi connectivity index (χ1) is 11.1. The third-order valence-electron chi connectivity index (χ3n) is 3.30. The van der Waals surface area contributed by atoms with Gasteiger partial charge in [-0.3, -0.25) is 9.59 Å². The van der Waals surface area contributed by atoms with Crippen LogP contribution in [0.15, 0.2) is 54.6 Å². The highest BCUT2D eigenvalue weighted by atomic mass is 16.5. The van der Waals surface area contributed by atoms with E-state index in [4.69, 9.17) is 9.47 Å². The van der Waals surface area contributed by atoms with E-state index in [1.807, 2.05) is 12.1 Å². The molecule has 0 aliphatic rings. The number of allylic oxidation sites excluding steroid dienone is 1. The van der Waals surface area contributed by atoms with E-state index in [2.05, 4.69) is 0 Å². The van der Waals surface area contributed by atoms with Gasteiger partial charge in [-0.2, -0.15) is 0 Å². The summed E-state index contributed by atoms with van der Waals surface area (Å²) in [6.45, 7) is 0. The lowest BCUT2D eigenvalue weighted by Gasteiger charge is -2.07. The van der Waals surface area contributed by atoms with Crippen LogP contribution < -0.4 is 9.47 Å². The number of rotatable bonds is 7. The summed E-state index contributed by atoms with van der Waals surface area (Å²) in [6, 6.07) is 14.1. The van der Waals surface area contributed by atoms with Crippen LogP contribution in [-0.4, -0.2) is 25.8 Å². The van der Waals surface area contributed by atoms with E-state index in [-0.39, 0.29) is 18.0 Å². The number of hydrogen-bond acceptors (Lipinski definition) is 4. The van der Waals surface area contributed by atoms with Crippen LogP contribution in [0, 0.1) is 0 Å². The Morgan fingerprint density at radius 3 is 2.30 bits per heavy atom. The van der Waals surface area contributed by atoms with Crippen LogP contribution in [0.25, 0.3) is 6.08 Å². The number of carbonyl (C=O) groups is 2. The van der Waals surface area contributed by atoms with Crippen molar-refractivity contribution in [3.8, 4) is 11.5 Å². The van der Waals surface area contributed by atoms with Gasteiger partial charge in [0.15, 0.2) is 23.1 Å². The zero-order valence-corrected chi connectivity index (χ0v) is 13.1. The lowest BCUT2D eigenvalue weighted by Crippen LogP contribution is -2.05. The van der Waals surface area contributed by atoms with Crippen molar-refractivity contribution in [1.29, 1.82) is 0 Å². The Morgan fingerprint density at radius 1 is 0.957 bits per heavy atom. The molecular formula is C19H18O4. The molecule has 23 heavy (non-hydrogen) atoms. The minimum atomic E-state index is -0.242. The summed E-state index contributed by atoms with van der Waals surface area (Å²) in [5, 5.41) is 0. The lowest BCUT2D eigenvalue weighted by atomic mass is 10.1. The molecule has 0 aromatic heterocycles. The molecule has 0 fully saturated rings. The quantitative estimate of drug-likeness (QED) is 0.446. The highest BCUT2D eigenvalue weighted by molar-refractivity contribution is 6.12. The zero-order chi connectivity index (χ0) is 16.7. The number of hydrogen-bond donors (Lipinski definition) is 0. The van der Waals surface area contributed by atoms with Gasteiger partial charge in [0.2, 0.25) is 0 Å². The monoisotopic (exact) mass is 310 g/mol. The predicted molar refractivity (Wildman–Crippen MR) is 89.0 cm³/mol. The van der Waals surface area contributed by atoms with E-state index >= 15 is 0 Å². The van der Waals surface area contributed by atoms with Crippen LogP contribution in [0.5, 0.6) is 11.5 Å². The Balaban J connectivity index is 2.02. The molecular weight excluding hydrogens is 292 g/mol. The van der Waals surface area contributed by atoms with Gasteiger partial charge in [-0.15, -0.1) is 0 Å². The van der Waals surface area contributed by atoms with Crippen LogP contribution in [0.2, 0.25) is 0 Å². The summed E-state index contributed by atoms with van der Waals surface area (Å²) in [6.07, 6.45) is 2.92. The smallest absolute Gasteiger partial charge is 0.170 e. The van der Waals surface area contributed by atoms with E-state index in [9.17, 15) is 9.59 Å². The molecule has 0 heterocycles. The van der Waals surface area contributed by atoms with Crippen LogP contribution in [0.1, 0.15) is 22.3 Å². The molecule has 0 radical (unpaired) electrons. The molecule has 0 spiro atoms. The Bertz CT molecular complexity index is 717. The van der Waals surface area contributed by atoms with E-state index in [0.29, 0.717) is 17.1 Å². The molecule has 0 bridgehead atoms. The third-order valence-corrected chi connectivity index (χ3v) is 3.30. The minimum absolute atomic E-state index is 0.145.